The van der Waals surface area contributed by atoms with Gasteiger partial charge < -0.3 is 20.5 Å². The maximum Gasteiger partial charge on any atom is 0.411 e. The standard InChI is InChI=1S/C26H28N4O3/c1-16(2)15-33-26(32)28-19-8-6-7-17(13-19)25(31)30-24-20-9-4-5-10-22(20)29-23-14-18(27-3)11-12-21(23)24/h4-14,16,25,27,31H,15H2,1-3H3,(H,28,32)(H,29,30). The summed E-state index contributed by atoms with van der Waals surface area (Å²) >= 11 is 0. The predicted molar refractivity (Wildman–Crippen MR) is 134 cm³/mol. The molecule has 1 heterocycles. The molecular weight excluding hydrogens is 416 g/mol. The fourth-order valence-electron chi connectivity index (χ4n) is 3.61. The zero-order valence-corrected chi connectivity index (χ0v) is 18.9. The molecule has 0 aliphatic heterocycles. The third kappa shape index (κ3) is 5.15. The molecule has 0 spiro atoms. The van der Waals surface area contributed by atoms with Gasteiger partial charge >= 0.3 is 6.09 Å². The van der Waals surface area contributed by atoms with Gasteiger partial charge in [-0.05, 0) is 42.3 Å². The third-order valence-corrected chi connectivity index (χ3v) is 5.25. The number of hydrogen-bond acceptors (Lipinski definition) is 6. The largest absolute Gasteiger partial charge is 0.449 e. The molecule has 0 fully saturated rings. The normalized spacial score (nSPS) is 12.0. The number of amides is 1. The van der Waals surface area contributed by atoms with Crippen molar-refractivity contribution in [3.63, 3.8) is 0 Å². The molecule has 0 radical (unpaired) electrons. The average molecular weight is 445 g/mol. The van der Waals surface area contributed by atoms with Gasteiger partial charge in [0.1, 0.15) is 0 Å². The second-order valence-corrected chi connectivity index (χ2v) is 8.28. The Kier molecular flexibility index (Phi) is 6.60. The molecule has 0 bridgehead atoms. The molecule has 7 nitrogen and oxygen atoms in total. The molecule has 170 valence electrons. The number of carbonyl (C=O) groups is 1. The van der Waals surface area contributed by atoms with Crippen molar-refractivity contribution in [1.82, 2.24) is 4.98 Å². The summed E-state index contributed by atoms with van der Waals surface area (Å²) in [5.41, 5.74) is 4.55. The number of aliphatic hydroxyl groups excluding tert-OH is 1. The Morgan fingerprint density at radius 3 is 2.55 bits per heavy atom. The van der Waals surface area contributed by atoms with E-state index in [1.54, 1.807) is 24.3 Å². The molecule has 4 aromatic rings. The van der Waals surface area contributed by atoms with Crippen LogP contribution in [0.25, 0.3) is 21.8 Å². The number of ether oxygens (including phenoxy) is 1. The van der Waals surface area contributed by atoms with Crippen LogP contribution in [-0.4, -0.2) is 29.8 Å². The SMILES string of the molecule is CNc1ccc2c(NC(O)c3cccc(NC(=O)OCC(C)C)c3)c3ccccc3nc2c1. The van der Waals surface area contributed by atoms with Gasteiger partial charge in [-0.2, -0.15) is 0 Å². The molecule has 1 amide bonds. The number of anilines is 3. The Labute approximate surface area is 192 Å². The van der Waals surface area contributed by atoms with Crippen LogP contribution in [0.2, 0.25) is 0 Å². The topological polar surface area (TPSA) is 95.5 Å². The van der Waals surface area contributed by atoms with E-state index in [4.69, 9.17) is 9.72 Å². The van der Waals surface area contributed by atoms with Crippen LogP contribution >= 0.6 is 0 Å². The van der Waals surface area contributed by atoms with Gasteiger partial charge in [0.05, 0.1) is 23.3 Å². The summed E-state index contributed by atoms with van der Waals surface area (Å²) < 4.78 is 5.18. The van der Waals surface area contributed by atoms with Crippen LogP contribution < -0.4 is 16.0 Å². The highest BCUT2D eigenvalue weighted by atomic mass is 16.5. The summed E-state index contributed by atoms with van der Waals surface area (Å²) in [6, 6.07) is 20.8. The number of benzene rings is 3. The summed E-state index contributed by atoms with van der Waals surface area (Å²) in [5, 5.41) is 22.0. The summed E-state index contributed by atoms with van der Waals surface area (Å²) in [6.45, 7) is 4.29. The summed E-state index contributed by atoms with van der Waals surface area (Å²) in [6.07, 6.45) is -1.52. The van der Waals surface area contributed by atoms with Gasteiger partial charge in [-0.25, -0.2) is 9.78 Å². The minimum atomic E-state index is -1.00. The van der Waals surface area contributed by atoms with E-state index in [1.165, 1.54) is 0 Å². The maximum absolute atomic E-state index is 12.0. The molecule has 3 aromatic carbocycles. The van der Waals surface area contributed by atoms with Gasteiger partial charge in [0.2, 0.25) is 0 Å². The van der Waals surface area contributed by atoms with E-state index < -0.39 is 12.3 Å². The first kappa shape index (κ1) is 22.4. The molecular formula is C26H28N4O3. The molecule has 0 aliphatic rings. The zero-order chi connectivity index (χ0) is 23.4. The Morgan fingerprint density at radius 2 is 1.76 bits per heavy atom. The average Bonchev–Trinajstić information content (AvgIpc) is 2.82. The monoisotopic (exact) mass is 444 g/mol. The number of hydrogen-bond donors (Lipinski definition) is 4. The van der Waals surface area contributed by atoms with E-state index in [-0.39, 0.29) is 5.92 Å². The molecule has 1 aromatic heterocycles. The van der Waals surface area contributed by atoms with Crippen LogP contribution in [0.15, 0.2) is 66.7 Å². The van der Waals surface area contributed by atoms with Crippen molar-refractivity contribution >= 4 is 45.0 Å². The van der Waals surface area contributed by atoms with Gasteiger partial charge in [-0.1, -0.05) is 44.2 Å². The van der Waals surface area contributed by atoms with Gasteiger partial charge in [-0.15, -0.1) is 0 Å². The third-order valence-electron chi connectivity index (χ3n) is 5.25. The van der Waals surface area contributed by atoms with Crippen LogP contribution in [0, 0.1) is 5.92 Å². The predicted octanol–water partition coefficient (Wildman–Crippen LogP) is 5.74. The zero-order valence-electron chi connectivity index (χ0n) is 18.9. The van der Waals surface area contributed by atoms with Crippen molar-refractivity contribution in [1.29, 1.82) is 0 Å². The van der Waals surface area contributed by atoms with E-state index in [0.29, 0.717) is 17.9 Å². The molecule has 4 rings (SSSR count). The minimum Gasteiger partial charge on any atom is -0.449 e. The molecule has 0 aliphatic carbocycles. The summed E-state index contributed by atoms with van der Waals surface area (Å²) in [5.74, 6) is 0.252. The summed E-state index contributed by atoms with van der Waals surface area (Å²) in [4.78, 5) is 16.8. The smallest absolute Gasteiger partial charge is 0.411 e. The quantitative estimate of drug-likeness (QED) is 0.215. The Morgan fingerprint density at radius 1 is 0.970 bits per heavy atom. The first-order valence-electron chi connectivity index (χ1n) is 10.9. The number of carbonyl (C=O) groups excluding carboxylic acids is 1. The lowest BCUT2D eigenvalue weighted by atomic mass is 10.1. The van der Waals surface area contributed by atoms with Gasteiger partial charge in [-0.3, -0.25) is 5.32 Å². The van der Waals surface area contributed by atoms with E-state index in [1.807, 2.05) is 63.4 Å². The fraction of sp³-hybridized carbons (Fsp3) is 0.231. The number of fused-ring (bicyclic) bond motifs is 2. The molecule has 1 unspecified atom stereocenters. The Balaban J connectivity index is 1.63. The second-order valence-electron chi connectivity index (χ2n) is 8.28. The highest BCUT2D eigenvalue weighted by Gasteiger charge is 2.15. The van der Waals surface area contributed by atoms with Crippen LogP contribution in [0.4, 0.5) is 21.9 Å². The van der Waals surface area contributed by atoms with Crippen molar-refractivity contribution in [3.05, 3.63) is 72.3 Å². The molecule has 1 atom stereocenters. The van der Waals surface area contributed by atoms with Crippen LogP contribution in [0.5, 0.6) is 0 Å². The van der Waals surface area contributed by atoms with Crippen LogP contribution in [-0.2, 0) is 4.74 Å². The van der Waals surface area contributed by atoms with Crippen molar-refractivity contribution in [2.75, 3.05) is 29.6 Å². The van der Waals surface area contributed by atoms with Gasteiger partial charge in [0.25, 0.3) is 0 Å². The Hall–Kier alpha value is -3.84. The number of pyridine rings is 1. The fourth-order valence-corrected chi connectivity index (χ4v) is 3.61. The van der Waals surface area contributed by atoms with Crippen molar-refractivity contribution in [2.24, 2.45) is 5.92 Å². The van der Waals surface area contributed by atoms with Crippen molar-refractivity contribution < 1.29 is 14.6 Å². The first-order chi connectivity index (χ1) is 15.9. The van der Waals surface area contributed by atoms with Crippen LogP contribution in [0.3, 0.4) is 0 Å². The first-order valence-corrected chi connectivity index (χ1v) is 10.9. The minimum absolute atomic E-state index is 0.252. The molecule has 0 saturated heterocycles. The lowest BCUT2D eigenvalue weighted by Gasteiger charge is -2.19. The van der Waals surface area contributed by atoms with Crippen molar-refractivity contribution in [3.8, 4) is 0 Å². The maximum atomic E-state index is 12.0. The van der Waals surface area contributed by atoms with Crippen molar-refractivity contribution in [2.45, 2.75) is 20.1 Å². The number of rotatable bonds is 7. The molecule has 0 saturated carbocycles. The number of aliphatic hydroxyl groups is 1. The van der Waals surface area contributed by atoms with Crippen LogP contribution in [0.1, 0.15) is 25.6 Å². The highest BCUT2D eigenvalue weighted by Crippen LogP contribution is 2.34. The molecule has 4 N–H and O–H groups in total. The second kappa shape index (κ2) is 9.75. The Bertz CT molecular complexity index is 1290. The lowest BCUT2D eigenvalue weighted by molar-refractivity contribution is 0.147. The number of nitrogens with zero attached hydrogens (tertiary/aromatic N) is 1. The lowest BCUT2D eigenvalue weighted by Crippen LogP contribution is -2.17. The van der Waals surface area contributed by atoms with E-state index in [9.17, 15) is 9.90 Å². The van der Waals surface area contributed by atoms with E-state index >= 15 is 0 Å². The summed E-state index contributed by atoms with van der Waals surface area (Å²) in [7, 11) is 1.87. The van der Waals surface area contributed by atoms with E-state index in [0.717, 1.165) is 33.2 Å². The molecule has 33 heavy (non-hydrogen) atoms. The van der Waals surface area contributed by atoms with Gasteiger partial charge in [0.15, 0.2) is 6.23 Å². The number of nitrogens with one attached hydrogen (secondary N) is 3. The van der Waals surface area contributed by atoms with E-state index in [2.05, 4.69) is 16.0 Å². The number of aromatic nitrogens is 1. The number of para-hydroxylation sites is 1. The molecule has 7 heteroatoms. The highest BCUT2D eigenvalue weighted by molar-refractivity contribution is 6.08. The van der Waals surface area contributed by atoms with Gasteiger partial charge in [0, 0.05) is 34.8 Å².